The maximum Gasteiger partial charge on any atom is 0.251 e. The fourth-order valence-corrected chi connectivity index (χ4v) is 2.76. The van der Waals surface area contributed by atoms with Crippen molar-refractivity contribution in [2.45, 2.75) is 25.3 Å². The lowest BCUT2D eigenvalue weighted by Crippen LogP contribution is -2.22. The molecule has 2 aromatic carbocycles. The van der Waals surface area contributed by atoms with Crippen LogP contribution in [0.1, 0.15) is 29.8 Å². The Morgan fingerprint density at radius 3 is 2.04 bits per heavy atom. The molecule has 0 saturated heterocycles. The molecule has 0 aliphatic heterocycles. The first-order chi connectivity index (χ1) is 12.2. The van der Waals surface area contributed by atoms with Gasteiger partial charge in [0.25, 0.3) is 5.91 Å². The zero-order valence-corrected chi connectivity index (χ0v) is 15.8. The number of hydrogen-bond acceptors (Lipinski definition) is 4. The molecule has 0 aromatic heterocycles. The molecular formula is C19H22N2O4S. The second kappa shape index (κ2) is 8.14. The first kappa shape index (κ1) is 19.7. The van der Waals surface area contributed by atoms with Gasteiger partial charge in [-0.15, -0.1) is 0 Å². The number of hydrogen-bond donors (Lipinski definition) is 2. The average molecular weight is 374 g/mol. The highest BCUT2D eigenvalue weighted by atomic mass is 32.2. The third-order valence-corrected chi connectivity index (χ3v) is 4.87. The molecule has 0 radical (unpaired) electrons. The number of carbonyl (C=O) groups excluding carboxylic acids is 2. The van der Waals surface area contributed by atoms with Crippen LogP contribution < -0.4 is 10.6 Å². The average Bonchev–Trinajstić information content (AvgIpc) is 2.60. The quantitative estimate of drug-likeness (QED) is 0.813. The predicted octanol–water partition coefficient (Wildman–Crippen LogP) is 2.61. The number of rotatable bonds is 6. The van der Waals surface area contributed by atoms with Crippen molar-refractivity contribution < 1.29 is 18.0 Å². The van der Waals surface area contributed by atoms with E-state index >= 15 is 0 Å². The molecule has 6 nitrogen and oxygen atoms in total. The van der Waals surface area contributed by atoms with Gasteiger partial charge in [0.15, 0.2) is 9.84 Å². The summed E-state index contributed by atoms with van der Waals surface area (Å²) in [6.07, 6.45) is 1.12. The zero-order chi connectivity index (χ0) is 19.3. The Labute approximate surface area is 153 Å². The van der Waals surface area contributed by atoms with Crippen LogP contribution in [0.25, 0.3) is 0 Å². The molecule has 0 unspecified atom stereocenters. The van der Waals surface area contributed by atoms with Gasteiger partial charge in [0.2, 0.25) is 5.91 Å². The van der Waals surface area contributed by atoms with E-state index in [1.807, 2.05) is 26.0 Å². The van der Waals surface area contributed by atoms with Crippen LogP contribution in [0.15, 0.2) is 53.4 Å². The summed E-state index contributed by atoms with van der Waals surface area (Å²) in [4.78, 5) is 24.0. The molecule has 7 heteroatoms. The molecule has 0 spiro atoms. The minimum atomic E-state index is -3.28. The van der Waals surface area contributed by atoms with Crippen molar-refractivity contribution in [1.82, 2.24) is 5.32 Å². The maximum atomic E-state index is 12.1. The third kappa shape index (κ3) is 5.42. The lowest BCUT2D eigenvalue weighted by atomic mass is 10.1. The van der Waals surface area contributed by atoms with Crippen molar-refractivity contribution >= 4 is 27.3 Å². The summed E-state index contributed by atoms with van der Waals surface area (Å²) in [6.45, 7) is 3.97. The van der Waals surface area contributed by atoms with Gasteiger partial charge in [-0.1, -0.05) is 26.0 Å². The van der Waals surface area contributed by atoms with Gasteiger partial charge in [0.1, 0.15) is 0 Å². The molecule has 0 aliphatic rings. The highest BCUT2D eigenvalue weighted by Crippen LogP contribution is 2.12. The lowest BCUT2D eigenvalue weighted by molar-refractivity contribution is -0.118. The third-order valence-electron chi connectivity index (χ3n) is 3.74. The van der Waals surface area contributed by atoms with Crippen molar-refractivity contribution in [3.8, 4) is 0 Å². The summed E-state index contributed by atoms with van der Waals surface area (Å²) in [6, 6.07) is 13.0. The van der Waals surface area contributed by atoms with Crippen LogP contribution in [0.4, 0.5) is 5.69 Å². The van der Waals surface area contributed by atoms with E-state index in [0.29, 0.717) is 17.8 Å². The number of carbonyl (C=O) groups is 2. The standard InChI is InChI=1S/C19H22N2O4S/c1-13(2)18(22)21-16-8-4-14(5-9-16)12-20-19(23)15-6-10-17(11-7-15)26(3,24)25/h4-11,13H,12H2,1-3H3,(H,20,23)(H,21,22). The molecule has 26 heavy (non-hydrogen) atoms. The molecule has 2 aromatic rings. The molecule has 0 aliphatic carbocycles. The van der Waals surface area contributed by atoms with Crippen LogP contribution >= 0.6 is 0 Å². The fraction of sp³-hybridized carbons (Fsp3) is 0.263. The number of anilines is 1. The normalized spacial score (nSPS) is 11.2. The van der Waals surface area contributed by atoms with Crippen molar-refractivity contribution in [3.05, 3.63) is 59.7 Å². The van der Waals surface area contributed by atoms with E-state index < -0.39 is 9.84 Å². The Morgan fingerprint density at radius 2 is 1.54 bits per heavy atom. The summed E-state index contributed by atoms with van der Waals surface area (Å²) in [5.41, 5.74) is 1.97. The Bertz CT molecular complexity index is 886. The summed E-state index contributed by atoms with van der Waals surface area (Å²) in [7, 11) is -3.28. The van der Waals surface area contributed by atoms with Gasteiger partial charge in [0.05, 0.1) is 4.90 Å². The van der Waals surface area contributed by atoms with E-state index in [-0.39, 0.29) is 22.6 Å². The van der Waals surface area contributed by atoms with Crippen molar-refractivity contribution in [3.63, 3.8) is 0 Å². The van der Waals surface area contributed by atoms with Crippen molar-refractivity contribution in [1.29, 1.82) is 0 Å². The predicted molar refractivity (Wildman–Crippen MR) is 101 cm³/mol. The van der Waals surface area contributed by atoms with E-state index in [2.05, 4.69) is 10.6 Å². The van der Waals surface area contributed by atoms with Crippen LogP contribution in [-0.2, 0) is 21.2 Å². The summed E-state index contributed by atoms with van der Waals surface area (Å²) < 4.78 is 22.9. The molecule has 2 rings (SSSR count). The molecule has 2 N–H and O–H groups in total. The van der Waals surface area contributed by atoms with Crippen LogP contribution in [0, 0.1) is 5.92 Å². The number of nitrogens with one attached hydrogen (secondary N) is 2. The lowest BCUT2D eigenvalue weighted by Gasteiger charge is -2.09. The molecule has 0 bridgehead atoms. The largest absolute Gasteiger partial charge is 0.348 e. The zero-order valence-electron chi connectivity index (χ0n) is 14.9. The molecule has 2 amide bonds. The van der Waals surface area contributed by atoms with E-state index in [1.165, 1.54) is 24.3 Å². The fourth-order valence-electron chi connectivity index (χ4n) is 2.13. The van der Waals surface area contributed by atoms with E-state index in [9.17, 15) is 18.0 Å². The smallest absolute Gasteiger partial charge is 0.251 e. The van der Waals surface area contributed by atoms with Gasteiger partial charge in [-0.05, 0) is 42.0 Å². The Morgan fingerprint density at radius 1 is 0.962 bits per heavy atom. The molecular weight excluding hydrogens is 352 g/mol. The Hall–Kier alpha value is -2.67. The number of benzene rings is 2. The molecule has 0 atom stereocenters. The van der Waals surface area contributed by atoms with Gasteiger partial charge in [-0.25, -0.2) is 8.42 Å². The number of sulfone groups is 1. The molecule has 138 valence electrons. The van der Waals surface area contributed by atoms with Crippen LogP contribution in [0.2, 0.25) is 0 Å². The molecule has 0 heterocycles. The minimum absolute atomic E-state index is 0.0522. The number of amides is 2. The van der Waals surface area contributed by atoms with Gasteiger partial charge in [0, 0.05) is 30.0 Å². The van der Waals surface area contributed by atoms with E-state index in [4.69, 9.17) is 0 Å². The second-order valence-electron chi connectivity index (χ2n) is 6.32. The monoisotopic (exact) mass is 374 g/mol. The Balaban J connectivity index is 1.94. The van der Waals surface area contributed by atoms with Gasteiger partial charge < -0.3 is 10.6 Å². The first-order valence-electron chi connectivity index (χ1n) is 8.15. The highest BCUT2D eigenvalue weighted by Gasteiger charge is 2.10. The second-order valence-corrected chi connectivity index (χ2v) is 8.34. The van der Waals surface area contributed by atoms with Gasteiger partial charge in [-0.2, -0.15) is 0 Å². The topological polar surface area (TPSA) is 92.3 Å². The van der Waals surface area contributed by atoms with Gasteiger partial charge >= 0.3 is 0 Å². The first-order valence-corrected chi connectivity index (χ1v) is 10.0. The Kier molecular flexibility index (Phi) is 6.15. The molecule has 0 saturated carbocycles. The highest BCUT2D eigenvalue weighted by molar-refractivity contribution is 7.90. The SMILES string of the molecule is CC(C)C(=O)Nc1ccc(CNC(=O)c2ccc(S(C)(=O)=O)cc2)cc1. The minimum Gasteiger partial charge on any atom is -0.348 e. The summed E-state index contributed by atoms with van der Waals surface area (Å²) in [5.74, 6) is -0.436. The van der Waals surface area contributed by atoms with Crippen LogP contribution in [-0.4, -0.2) is 26.5 Å². The van der Waals surface area contributed by atoms with Crippen LogP contribution in [0.3, 0.4) is 0 Å². The summed E-state index contributed by atoms with van der Waals surface area (Å²) >= 11 is 0. The van der Waals surface area contributed by atoms with Crippen molar-refractivity contribution in [2.75, 3.05) is 11.6 Å². The molecule has 0 fully saturated rings. The van der Waals surface area contributed by atoms with Crippen LogP contribution in [0.5, 0.6) is 0 Å². The summed E-state index contributed by atoms with van der Waals surface area (Å²) in [5, 5.41) is 5.58. The maximum absolute atomic E-state index is 12.1. The van der Waals surface area contributed by atoms with E-state index in [0.717, 1.165) is 11.8 Å². The van der Waals surface area contributed by atoms with Gasteiger partial charge in [-0.3, -0.25) is 9.59 Å². The van der Waals surface area contributed by atoms with Crippen molar-refractivity contribution in [2.24, 2.45) is 5.92 Å². The van der Waals surface area contributed by atoms with E-state index in [1.54, 1.807) is 12.1 Å².